The van der Waals surface area contributed by atoms with Gasteiger partial charge in [0.2, 0.25) is 5.91 Å². The molecule has 0 spiro atoms. The molecule has 1 fully saturated rings. The van der Waals surface area contributed by atoms with E-state index >= 15 is 0 Å². The molecule has 0 heterocycles. The van der Waals surface area contributed by atoms with E-state index in [0.29, 0.717) is 30.8 Å². The third kappa shape index (κ3) is 3.27. The lowest BCUT2D eigenvalue weighted by Crippen LogP contribution is -2.31. The van der Waals surface area contributed by atoms with Crippen molar-refractivity contribution in [3.63, 3.8) is 0 Å². The van der Waals surface area contributed by atoms with E-state index in [0.717, 1.165) is 0 Å². The molecule has 0 saturated heterocycles. The topological polar surface area (TPSA) is 86.7 Å². The van der Waals surface area contributed by atoms with Crippen LogP contribution in [0, 0.1) is 11.8 Å². The van der Waals surface area contributed by atoms with Crippen LogP contribution in [0.5, 0.6) is 0 Å². The highest BCUT2D eigenvalue weighted by atomic mass is 16.4. The van der Waals surface area contributed by atoms with Crippen LogP contribution in [0.3, 0.4) is 0 Å². The standard InChI is InChI=1S/C16H20N2O4/c1-3-18(4-2)15(20)10-7-5-6-8-13(10)17-14(19)11-9-12(11)16(21)22/h5-8,11-12H,3-4,9H2,1-2H3,(H,17,19)(H,21,22). The molecule has 0 aromatic heterocycles. The van der Waals surface area contributed by atoms with Crippen molar-refractivity contribution >= 4 is 23.5 Å². The Labute approximate surface area is 129 Å². The van der Waals surface area contributed by atoms with Gasteiger partial charge in [0.05, 0.1) is 23.1 Å². The lowest BCUT2D eigenvalue weighted by Gasteiger charge is -2.20. The van der Waals surface area contributed by atoms with Crippen LogP contribution in [-0.2, 0) is 9.59 Å². The molecular weight excluding hydrogens is 284 g/mol. The van der Waals surface area contributed by atoms with Crippen LogP contribution in [0.2, 0.25) is 0 Å². The van der Waals surface area contributed by atoms with Crippen molar-refractivity contribution in [2.24, 2.45) is 11.8 Å². The third-order valence-electron chi connectivity index (χ3n) is 3.91. The van der Waals surface area contributed by atoms with Crippen LogP contribution < -0.4 is 5.32 Å². The van der Waals surface area contributed by atoms with Crippen molar-refractivity contribution in [2.75, 3.05) is 18.4 Å². The average molecular weight is 304 g/mol. The predicted octanol–water partition coefficient (Wildman–Crippen LogP) is 1.83. The zero-order chi connectivity index (χ0) is 16.3. The molecule has 1 saturated carbocycles. The number of hydrogen-bond acceptors (Lipinski definition) is 3. The van der Waals surface area contributed by atoms with Gasteiger partial charge < -0.3 is 15.3 Å². The SMILES string of the molecule is CCN(CC)C(=O)c1ccccc1NC(=O)C1CC1C(=O)O. The molecule has 2 rings (SSSR count). The molecule has 22 heavy (non-hydrogen) atoms. The number of carboxylic acid groups (broad SMARTS) is 1. The minimum Gasteiger partial charge on any atom is -0.481 e. The van der Waals surface area contributed by atoms with Crippen LogP contribution in [0.1, 0.15) is 30.6 Å². The van der Waals surface area contributed by atoms with E-state index in [4.69, 9.17) is 5.11 Å². The van der Waals surface area contributed by atoms with Crippen molar-refractivity contribution in [3.8, 4) is 0 Å². The summed E-state index contributed by atoms with van der Waals surface area (Å²) in [5.41, 5.74) is 0.854. The first-order chi connectivity index (χ1) is 10.5. The van der Waals surface area contributed by atoms with Crippen molar-refractivity contribution in [1.82, 2.24) is 4.90 Å². The number of amides is 2. The zero-order valence-electron chi connectivity index (χ0n) is 12.7. The fraction of sp³-hybridized carbons (Fsp3) is 0.438. The van der Waals surface area contributed by atoms with Gasteiger partial charge >= 0.3 is 5.97 Å². The van der Waals surface area contributed by atoms with E-state index in [1.54, 1.807) is 29.2 Å². The van der Waals surface area contributed by atoms with Crippen molar-refractivity contribution < 1.29 is 19.5 Å². The summed E-state index contributed by atoms with van der Waals surface area (Å²) in [5.74, 6) is -2.55. The van der Waals surface area contributed by atoms with Gasteiger partial charge in [-0.15, -0.1) is 0 Å². The number of benzene rings is 1. The number of hydrogen-bond donors (Lipinski definition) is 2. The maximum absolute atomic E-state index is 12.4. The Morgan fingerprint density at radius 3 is 2.36 bits per heavy atom. The van der Waals surface area contributed by atoms with E-state index < -0.39 is 17.8 Å². The number of para-hydroxylation sites is 1. The van der Waals surface area contributed by atoms with Crippen LogP contribution in [0.15, 0.2) is 24.3 Å². The number of nitrogens with zero attached hydrogens (tertiary/aromatic N) is 1. The third-order valence-corrected chi connectivity index (χ3v) is 3.91. The maximum atomic E-state index is 12.4. The molecule has 2 amide bonds. The minimum atomic E-state index is -0.951. The lowest BCUT2D eigenvalue weighted by molar-refractivity contribution is -0.139. The summed E-state index contributed by atoms with van der Waals surface area (Å²) in [6.45, 7) is 4.96. The molecule has 0 bridgehead atoms. The molecular formula is C16H20N2O4. The summed E-state index contributed by atoms with van der Waals surface area (Å²) in [4.78, 5) is 37.0. The number of rotatable bonds is 6. The summed E-state index contributed by atoms with van der Waals surface area (Å²) in [5, 5.41) is 11.6. The second-order valence-electron chi connectivity index (χ2n) is 5.30. The molecule has 1 aromatic rings. The zero-order valence-corrected chi connectivity index (χ0v) is 12.7. The minimum absolute atomic E-state index is 0.147. The van der Waals surface area contributed by atoms with Gasteiger partial charge in [-0.1, -0.05) is 12.1 Å². The van der Waals surface area contributed by atoms with Gasteiger partial charge in [-0.05, 0) is 32.4 Å². The highest BCUT2D eigenvalue weighted by Crippen LogP contribution is 2.39. The number of aliphatic carboxylic acids is 1. The Kier molecular flexibility index (Phi) is 4.80. The number of nitrogens with one attached hydrogen (secondary N) is 1. The molecule has 0 aliphatic heterocycles. The normalized spacial score (nSPS) is 19.4. The highest BCUT2D eigenvalue weighted by molar-refractivity contribution is 6.05. The van der Waals surface area contributed by atoms with Crippen molar-refractivity contribution in [3.05, 3.63) is 29.8 Å². The van der Waals surface area contributed by atoms with E-state index in [9.17, 15) is 14.4 Å². The summed E-state index contributed by atoms with van der Waals surface area (Å²) in [6, 6.07) is 6.80. The van der Waals surface area contributed by atoms with Crippen LogP contribution in [0.4, 0.5) is 5.69 Å². The Bertz CT molecular complexity index is 596. The molecule has 1 aliphatic rings. The highest BCUT2D eigenvalue weighted by Gasteiger charge is 2.48. The largest absolute Gasteiger partial charge is 0.481 e. The summed E-state index contributed by atoms with van der Waals surface area (Å²) >= 11 is 0. The Morgan fingerprint density at radius 2 is 1.82 bits per heavy atom. The summed E-state index contributed by atoms with van der Waals surface area (Å²) < 4.78 is 0. The first-order valence-electron chi connectivity index (χ1n) is 7.41. The molecule has 6 nitrogen and oxygen atoms in total. The van der Waals surface area contributed by atoms with Crippen molar-refractivity contribution in [2.45, 2.75) is 20.3 Å². The maximum Gasteiger partial charge on any atom is 0.307 e. The molecule has 1 aliphatic carbocycles. The molecule has 0 radical (unpaired) electrons. The van der Waals surface area contributed by atoms with Gasteiger partial charge in [0.25, 0.3) is 5.91 Å². The van der Waals surface area contributed by atoms with E-state index in [-0.39, 0.29) is 11.8 Å². The second kappa shape index (κ2) is 6.60. The fourth-order valence-electron chi connectivity index (χ4n) is 2.44. The number of anilines is 1. The predicted molar refractivity (Wildman–Crippen MR) is 81.6 cm³/mol. The quantitative estimate of drug-likeness (QED) is 0.839. The number of carboxylic acids is 1. The molecule has 1 aromatic carbocycles. The van der Waals surface area contributed by atoms with Crippen LogP contribution >= 0.6 is 0 Å². The molecule has 6 heteroatoms. The Hall–Kier alpha value is -2.37. The van der Waals surface area contributed by atoms with Crippen LogP contribution in [0.25, 0.3) is 0 Å². The monoisotopic (exact) mass is 304 g/mol. The molecule has 2 atom stereocenters. The van der Waals surface area contributed by atoms with Gasteiger partial charge in [0.1, 0.15) is 0 Å². The first kappa shape index (κ1) is 16.0. The van der Waals surface area contributed by atoms with Gasteiger partial charge in [0.15, 0.2) is 0 Å². The molecule has 2 unspecified atom stereocenters. The Balaban J connectivity index is 2.14. The van der Waals surface area contributed by atoms with Gasteiger partial charge in [0, 0.05) is 13.1 Å². The summed E-state index contributed by atoms with van der Waals surface area (Å²) in [7, 11) is 0. The number of carbonyl (C=O) groups excluding carboxylic acids is 2. The number of carbonyl (C=O) groups is 3. The smallest absolute Gasteiger partial charge is 0.307 e. The molecule has 2 N–H and O–H groups in total. The lowest BCUT2D eigenvalue weighted by atomic mass is 10.1. The van der Waals surface area contributed by atoms with Gasteiger partial charge in [-0.3, -0.25) is 14.4 Å². The van der Waals surface area contributed by atoms with E-state index in [1.807, 2.05) is 13.8 Å². The Morgan fingerprint density at radius 1 is 1.18 bits per heavy atom. The van der Waals surface area contributed by atoms with Crippen molar-refractivity contribution in [1.29, 1.82) is 0 Å². The van der Waals surface area contributed by atoms with E-state index in [1.165, 1.54) is 0 Å². The first-order valence-corrected chi connectivity index (χ1v) is 7.41. The van der Waals surface area contributed by atoms with Gasteiger partial charge in [-0.2, -0.15) is 0 Å². The second-order valence-corrected chi connectivity index (χ2v) is 5.30. The average Bonchev–Trinajstić information content (AvgIpc) is 3.29. The van der Waals surface area contributed by atoms with Crippen LogP contribution in [-0.4, -0.2) is 40.9 Å². The van der Waals surface area contributed by atoms with E-state index in [2.05, 4.69) is 5.32 Å². The summed E-state index contributed by atoms with van der Waals surface area (Å²) in [6.07, 6.45) is 0.354. The molecule has 118 valence electrons. The fourth-order valence-corrected chi connectivity index (χ4v) is 2.44. The van der Waals surface area contributed by atoms with Gasteiger partial charge in [-0.25, -0.2) is 0 Å².